The van der Waals surface area contributed by atoms with Gasteiger partial charge in [-0.25, -0.2) is 0 Å². The first-order valence-electron chi connectivity index (χ1n) is 8.43. The normalized spacial score (nSPS) is 19.0. The van der Waals surface area contributed by atoms with Gasteiger partial charge in [0.2, 0.25) is 5.91 Å². The van der Waals surface area contributed by atoms with Crippen LogP contribution in [0.5, 0.6) is 0 Å². The summed E-state index contributed by atoms with van der Waals surface area (Å²) in [6.45, 7) is 1.70. The van der Waals surface area contributed by atoms with E-state index in [-0.39, 0.29) is 18.1 Å². The minimum atomic E-state index is -0.287. The van der Waals surface area contributed by atoms with E-state index in [1.807, 2.05) is 78.5 Å². The maximum absolute atomic E-state index is 13.2. The van der Waals surface area contributed by atoms with Crippen molar-refractivity contribution in [3.05, 3.63) is 70.7 Å². The molecule has 25 heavy (non-hydrogen) atoms. The van der Waals surface area contributed by atoms with E-state index in [1.165, 1.54) is 0 Å². The van der Waals surface area contributed by atoms with Gasteiger partial charge in [-0.15, -0.1) is 0 Å². The zero-order valence-corrected chi connectivity index (χ0v) is 15.3. The lowest BCUT2D eigenvalue weighted by Crippen LogP contribution is -2.47. The molecule has 0 saturated carbocycles. The summed E-state index contributed by atoms with van der Waals surface area (Å²) >= 11 is 5.96. The van der Waals surface area contributed by atoms with Crippen molar-refractivity contribution in [2.24, 2.45) is 0 Å². The van der Waals surface area contributed by atoms with Crippen molar-refractivity contribution < 1.29 is 9.53 Å². The highest BCUT2D eigenvalue weighted by molar-refractivity contribution is 6.30. The molecule has 1 aliphatic rings. The third-order valence-corrected chi connectivity index (χ3v) is 4.74. The molecule has 1 saturated heterocycles. The molecule has 2 atom stereocenters. The predicted octanol–water partition coefficient (Wildman–Crippen LogP) is 3.54. The van der Waals surface area contributed by atoms with Crippen LogP contribution >= 0.6 is 11.6 Å². The molecule has 1 aliphatic heterocycles. The van der Waals surface area contributed by atoms with E-state index in [0.717, 1.165) is 11.1 Å². The second kappa shape index (κ2) is 8.00. The number of halogens is 1. The number of amides is 1. The van der Waals surface area contributed by atoms with E-state index in [2.05, 4.69) is 0 Å². The molecule has 0 spiro atoms. The van der Waals surface area contributed by atoms with Crippen molar-refractivity contribution in [3.8, 4) is 0 Å². The second-order valence-electron chi connectivity index (χ2n) is 6.47. The van der Waals surface area contributed by atoms with Gasteiger partial charge in [0.1, 0.15) is 12.1 Å². The summed E-state index contributed by atoms with van der Waals surface area (Å²) < 4.78 is 5.88. The Kier molecular flexibility index (Phi) is 5.74. The lowest BCUT2D eigenvalue weighted by molar-refractivity contribution is -0.144. The van der Waals surface area contributed by atoms with Crippen molar-refractivity contribution in [1.82, 2.24) is 9.80 Å². The van der Waals surface area contributed by atoms with Gasteiger partial charge < -0.3 is 9.64 Å². The first kappa shape index (κ1) is 17.9. The predicted molar refractivity (Wildman–Crippen MR) is 99.6 cm³/mol. The Morgan fingerprint density at radius 1 is 1.16 bits per heavy atom. The molecule has 0 radical (unpaired) electrons. The van der Waals surface area contributed by atoms with Gasteiger partial charge in [0.25, 0.3) is 0 Å². The van der Waals surface area contributed by atoms with Crippen LogP contribution in [0.2, 0.25) is 5.02 Å². The van der Waals surface area contributed by atoms with Crippen molar-refractivity contribution in [3.63, 3.8) is 0 Å². The molecule has 2 aromatic carbocycles. The number of nitrogens with zero attached hydrogens (tertiary/aromatic N) is 2. The highest BCUT2D eigenvalue weighted by Crippen LogP contribution is 2.27. The van der Waals surface area contributed by atoms with Gasteiger partial charge in [-0.3, -0.25) is 9.69 Å². The van der Waals surface area contributed by atoms with Gasteiger partial charge in [-0.05, 0) is 37.4 Å². The van der Waals surface area contributed by atoms with Crippen molar-refractivity contribution in [1.29, 1.82) is 0 Å². The average Bonchev–Trinajstić information content (AvgIpc) is 2.63. The van der Waals surface area contributed by atoms with E-state index in [1.54, 1.807) is 0 Å². The number of hydrogen-bond donors (Lipinski definition) is 0. The highest BCUT2D eigenvalue weighted by atomic mass is 35.5. The Morgan fingerprint density at radius 3 is 2.48 bits per heavy atom. The highest BCUT2D eigenvalue weighted by Gasteiger charge is 2.32. The Balaban J connectivity index is 1.77. The summed E-state index contributed by atoms with van der Waals surface area (Å²) in [6, 6.07) is 17.2. The van der Waals surface area contributed by atoms with Crippen LogP contribution in [0, 0.1) is 0 Å². The van der Waals surface area contributed by atoms with E-state index in [9.17, 15) is 4.79 Å². The van der Waals surface area contributed by atoms with Crippen LogP contribution in [0.25, 0.3) is 0 Å². The Morgan fingerprint density at radius 2 is 1.84 bits per heavy atom. The topological polar surface area (TPSA) is 32.8 Å². The molecule has 4 nitrogen and oxygen atoms in total. The number of hydrogen-bond acceptors (Lipinski definition) is 3. The maximum atomic E-state index is 13.2. The third-order valence-electron chi connectivity index (χ3n) is 4.49. The number of carbonyl (C=O) groups is 1. The fourth-order valence-corrected chi connectivity index (χ4v) is 3.32. The summed E-state index contributed by atoms with van der Waals surface area (Å²) in [7, 11) is 3.87. The molecule has 3 rings (SSSR count). The van der Waals surface area contributed by atoms with E-state index in [0.29, 0.717) is 24.7 Å². The number of rotatable bonds is 4. The molecule has 1 amide bonds. The fourth-order valence-electron chi connectivity index (χ4n) is 3.20. The van der Waals surface area contributed by atoms with Crippen LogP contribution in [0.4, 0.5) is 0 Å². The van der Waals surface area contributed by atoms with E-state index in [4.69, 9.17) is 16.3 Å². The standard InChI is InChI=1S/C20H23ClN2O2/c1-22(2)19(16-6-4-3-5-7-16)20(24)23-12-13-25-18(14-23)15-8-10-17(21)11-9-15/h3-11,18-19H,12-14H2,1-2H3. The van der Waals surface area contributed by atoms with Crippen LogP contribution in [0.1, 0.15) is 23.3 Å². The minimum Gasteiger partial charge on any atom is -0.370 e. The van der Waals surface area contributed by atoms with Gasteiger partial charge in [-0.1, -0.05) is 54.1 Å². The van der Waals surface area contributed by atoms with E-state index >= 15 is 0 Å². The maximum Gasteiger partial charge on any atom is 0.244 e. The quantitative estimate of drug-likeness (QED) is 0.838. The summed E-state index contributed by atoms with van der Waals surface area (Å²) in [6.07, 6.45) is -0.117. The summed E-state index contributed by atoms with van der Waals surface area (Å²) in [5.74, 6) is 0.110. The van der Waals surface area contributed by atoms with Crippen molar-refractivity contribution in [2.45, 2.75) is 12.1 Å². The average molecular weight is 359 g/mol. The SMILES string of the molecule is CN(C)C(C(=O)N1CCOC(c2ccc(Cl)cc2)C1)c1ccccc1. The molecule has 0 aliphatic carbocycles. The van der Waals surface area contributed by atoms with Crippen LogP contribution in [0.15, 0.2) is 54.6 Å². The number of morpholine rings is 1. The van der Waals surface area contributed by atoms with E-state index < -0.39 is 0 Å². The monoisotopic (exact) mass is 358 g/mol. The molecule has 2 aromatic rings. The van der Waals surface area contributed by atoms with Gasteiger partial charge >= 0.3 is 0 Å². The Hall–Kier alpha value is -1.88. The van der Waals surface area contributed by atoms with Crippen molar-refractivity contribution in [2.75, 3.05) is 33.8 Å². The molecule has 1 fully saturated rings. The zero-order chi connectivity index (χ0) is 17.8. The van der Waals surface area contributed by atoms with Gasteiger partial charge in [0.15, 0.2) is 0 Å². The van der Waals surface area contributed by atoms with Crippen LogP contribution in [-0.2, 0) is 9.53 Å². The molecule has 1 heterocycles. The smallest absolute Gasteiger partial charge is 0.244 e. The van der Waals surface area contributed by atoms with Crippen molar-refractivity contribution >= 4 is 17.5 Å². The molecule has 132 valence electrons. The van der Waals surface area contributed by atoms with Gasteiger partial charge in [-0.2, -0.15) is 0 Å². The molecule has 0 bridgehead atoms. The largest absolute Gasteiger partial charge is 0.370 e. The first-order chi connectivity index (χ1) is 12.1. The summed E-state index contributed by atoms with van der Waals surface area (Å²) in [5, 5.41) is 0.698. The lowest BCUT2D eigenvalue weighted by atomic mass is 10.0. The number of ether oxygens (including phenoxy) is 1. The fraction of sp³-hybridized carbons (Fsp3) is 0.350. The number of carbonyl (C=O) groups excluding carboxylic acids is 1. The first-order valence-corrected chi connectivity index (χ1v) is 8.81. The van der Waals surface area contributed by atoms with Crippen LogP contribution < -0.4 is 0 Å². The molecular weight excluding hydrogens is 336 g/mol. The van der Waals surface area contributed by atoms with Crippen LogP contribution in [0.3, 0.4) is 0 Å². The molecule has 2 unspecified atom stereocenters. The minimum absolute atomic E-state index is 0.110. The number of benzene rings is 2. The molecule has 5 heteroatoms. The number of likely N-dealkylation sites (N-methyl/N-ethyl adjacent to an activating group) is 1. The third kappa shape index (κ3) is 4.21. The van der Waals surface area contributed by atoms with Crippen LogP contribution in [-0.4, -0.2) is 49.5 Å². The summed E-state index contributed by atoms with van der Waals surface area (Å²) in [4.78, 5) is 17.0. The second-order valence-corrected chi connectivity index (χ2v) is 6.91. The molecular formula is C20H23ClN2O2. The van der Waals surface area contributed by atoms with Gasteiger partial charge in [0.05, 0.1) is 13.2 Å². The van der Waals surface area contributed by atoms with Gasteiger partial charge in [0, 0.05) is 11.6 Å². The Labute approximate surface area is 154 Å². The summed E-state index contributed by atoms with van der Waals surface area (Å²) in [5.41, 5.74) is 2.05. The Bertz CT molecular complexity index is 703. The zero-order valence-electron chi connectivity index (χ0n) is 14.6. The molecule has 0 N–H and O–H groups in total. The lowest BCUT2D eigenvalue weighted by Gasteiger charge is -2.37. The molecule has 0 aromatic heterocycles.